The van der Waals surface area contributed by atoms with Gasteiger partial charge in [0.15, 0.2) is 0 Å². The third-order valence-electron chi connectivity index (χ3n) is 3.37. The summed E-state index contributed by atoms with van der Waals surface area (Å²) in [6, 6.07) is 7.91. The van der Waals surface area contributed by atoms with Gasteiger partial charge >= 0.3 is 0 Å². The lowest BCUT2D eigenvalue weighted by Crippen LogP contribution is -2.33. The molecule has 2 aromatic rings. The van der Waals surface area contributed by atoms with Crippen LogP contribution in [0.2, 0.25) is 0 Å². The average molecular weight is 311 g/mol. The predicted molar refractivity (Wildman–Crippen MR) is 82.7 cm³/mol. The Balaban J connectivity index is 2.00. The molecule has 116 valence electrons. The van der Waals surface area contributed by atoms with Gasteiger partial charge in [0.25, 0.3) is 0 Å². The van der Waals surface area contributed by atoms with Crippen molar-refractivity contribution in [2.75, 3.05) is 19.4 Å². The van der Waals surface area contributed by atoms with Gasteiger partial charge < -0.3 is 4.74 Å². The van der Waals surface area contributed by atoms with Crippen LogP contribution in [0, 0.1) is 0 Å². The van der Waals surface area contributed by atoms with Crippen LogP contribution in [-0.2, 0) is 28.2 Å². The van der Waals surface area contributed by atoms with Gasteiger partial charge in [-0.3, -0.25) is 4.68 Å². The van der Waals surface area contributed by atoms with E-state index in [0.717, 1.165) is 16.6 Å². The van der Waals surface area contributed by atoms with Gasteiger partial charge in [0.2, 0.25) is 10.0 Å². The summed E-state index contributed by atoms with van der Waals surface area (Å²) in [5.41, 5.74) is 1.94. The van der Waals surface area contributed by atoms with E-state index in [1.807, 2.05) is 36.0 Å². The van der Waals surface area contributed by atoms with E-state index in [4.69, 9.17) is 4.74 Å². The number of hydrogen-bond donors (Lipinski definition) is 1. The first kappa shape index (κ1) is 15.9. The van der Waals surface area contributed by atoms with Crippen molar-refractivity contribution < 1.29 is 13.2 Å². The first-order chi connectivity index (χ1) is 9.93. The first-order valence-electron chi connectivity index (χ1n) is 6.83. The number of hydrogen-bond acceptors (Lipinski definition) is 4. The van der Waals surface area contributed by atoms with Gasteiger partial charge in [-0.2, -0.15) is 5.10 Å². The molecule has 7 heteroatoms. The van der Waals surface area contributed by atoms with Gasteiger partial charge in [-0.1, -0.05) is 18.2 Å². The SMILES string of the molecule is COC(C)CS(=O)(=O)NCCc1nn(C)c2ccccc12. The van der Waals surface area contributed by atoms with Crippen LogP contribution in [-0.4, -0.2) is 43.7 Å². The van der Waals surface area contributed by atoms with E-state index in [0.29, 0.717) is 13.0 Å². The van der Waals surface area contributed by atoms with Gasteiger partial charge in [0, 0.05) is 32.5 Å². The van der Waals surface area contributed by atoms with E-state index in [2.05, 4.69) is 9.82 Å². The minimum Gasteiger partial charge on any atom is -0.381 e. The normalized spacial score (nSPS) is 13.7. The highest BCUT2D eigenvalue weighted by Gasteiger charge is 2.15. The van der Waals surface area contributed by atoms with Crippen molar-refractivity contribution in [1.82, 2.24) is 14.5 Å². The van der Waals surface area contributed by atoms with Gasteiger partial charge in [-0.15, -0.1) is 0 Å². The van der Waals surface area contributed by atoms with Crippen LogP contribution in [0.3, 0.4) is 0 Å². The Bertz CT molecular complexity index is 709. The number of rotatable bonds is 7. The zero-order valence-corrected chi connectivity index (χ0v) is 13.4. The summed E-state index contributed by atoms with van der Waals surface area (Å²) in [5.74, 6) is -0.0353. The van der Waals surface area contributed by atoms with Gasteiger partial charge in [-0.05, 0) is 13.0 Å². The molecule has 2 rings (SSSR count). The minimum absolute atomic E-state index is 0.0353. The van der Waals surface area contributed by atoms with Crippen LogP contribution >= 0.6 is 0 Å². The largest absolute Gasteiger partial charge is 0.381 e. The molecule has 0 amide bonds. The monoisotopic (exact) mass is 311 g/mol. The molecule has 1 unspecified atom stereocenters. The second-order valence-electron chi connectivity index (χ2n) is 5.06. The molecule has 0 saturated carbocycles. The Hall–Kier alpha value is -1.44. The van der Waals surface area contributed by atoms with Crippen molar-refractivity contribution >= 4 is 20.9 Å². The van der Waals surface area contributed by atoms with E-state index >= 15 is 0 Å². The highest BCUT2D eigenvalue weighted by Crippen LogP contribution is 2.17. The number of nitrogens with one attached hydrogen (secondary N) is 1. The molecule has 0 bridgehead atoms. The summed E-state index contributed by atoms with van der Waals surface area (Å²) in [6.45, 7) is 2.06. The number of ether oxygens (including phenoxy) is 1. The number of para-hydroxylation sites is 1. The van der Waals surface area contributed by atoms with E-state index in [-0.39, 0.29) is 11.9 Å². The number of aryl methyl sites for hydroxylation is 1. The molecule has 0 saturated heterocycles. The molecule has 21 heavy (non-hydrogen) atoms. The quantitative estimate of drug-likeness (QED) is 0.830. The minimum atomic E-state index is -3.32. The van der Waals surface area contributed by atoms with Crippen LogP contribution < -0.4 is 4.72 Å². The lowest BCUT2D eigenvalue weighted by atomic mass is 10.2. The molecule has 0 fully saturated rings. The lowest BCUT2D eigenvalue weighted by Gasteiger charge is -2.10. The summed E-state index contributed by atoms with van der Waals surface area (Å²) in [4.78, 5) is 0. The molecule has 1 N–H and O–H groups in total. The van der Waals surface area contributed by atoms with Crippen molar-refractivity contribution in [3.63, 3.8) is 0 Å². The Morgan fingerprint density at radius 1 is 1.38 bits per heavy atom. The predicted octanol–water partition coefficient (Wildman–Crippen LogP) is 1.07. The zero-order valence-electron chi connectivity index (χ0n) is 12.5. The van der Waals surface area contributed by atoms with E-state index in [9.17, 15) is 8.42 Å². The zero-order chi connectivity index (χ0) is 15.5. The number of aromatic nitrogens is 2. The van der Waals surface area contributed by atoms with Gasteiger partial charge in [0.1, 0.15) is 0 Å². The first-order valence-corrected chi connectivity index (χ1v) is 8.49. The fraction of sp³-hybridized carbons (Fsp3) is 0.500. The molecule has 0 radical (unpaired) electrons. The summed E-state index contributed by atoms with van der Waals surface area (Å²) in [5, 5.41) is 5.50. The maximum atomic E-state index is 11.8. The molecule has 0 aliphatic rings. The standard InChI is InChI=1S/C14H21N3O3S/c1-11(20-3)10-21(18,19)15-9-8-13-12-6-4-5-7-14(12)17(2)16-13/h4-7,11,15H,8-10H2,1-3H3. The molecule has 0 aliphatic carbocycles. The van der Waals surface area contributed by atoms with Crippen LogP contribution in [0.4, 0.5) is 0 Å². The smallest absolute Gasteiger partial charge is 0.214 e. The molecular weight excluding hydrogens is 290 g/mol. The van der Waals surface area contributed by atoms with Crippen LogP contribution in [0.15, 0.2) is 24.3 Å². The van der Waals surface area contributed by atoms with E-state index in [1.54, 1.807) is 6.92 Å². The van der Waals surface area contributed by atoms with Crippen molar-refractivity contribution in [3.05, 3.63) is 30.0 Å². The molecule has 0 aliphatic heterocycles. The highest BCUT2D eigenvalue weighted by atomic mass is 32.2. The third-order valence-corrected chi connectivity index (χ3v) is 4.93. The summed E-state index contributed by atoms with van der Waals surface area (Å²) in [7, 11) is 0.0663. The third kappa shape index (κ3) is 4.03. The Morgan fingerprint density at radius 2 is 2.10 bits per heavy atom. The number of sulfonamides is 1. The fourth-order valence-corrected chi connectivity index (χ4v) is 3.52. The summed E-state index contributed by atoms with van der Waals surface area (Å²) >= 11 is 0. The summed E-state index contributed by atoms with van der Waals surface area (Å²) < 4.78 is 33.1. The van der Waals surface area contributed by atoms with Crippen LogP contribution in [0.1, 0.15) is 12.6 Å². The van der Waals surface area contributed by atoms with Crippen LogP contribution in [0.5, 0.6) is 0 Å². The molecule has 1 atom stereocenters. The van der Waals surface area contributed by atoms with Crippen molar-refractivity contribution in [3.8, 4) is 0 Å². The highest BCUT2D eigenvalue weighted by molar-refractivity contribution is 7.89. The van der Waals surface area contributed by atoms with Gasteiger partial charge in [0.05, 0.1) is 23.1 Å². The second-order valence-corrected chi connectivity index (χ2v) is 6.91. The Morgan fingerprint density at radius 3 is 2.81 bits per heavy atom. The molecule has 0 spiro atoms. The molecule has 1 aromatic carbocycles. The van der Waals surface area contributed by atoms with E-state index < -0.39 is 10.0 Å². The second kappa shape index (κ2) is 6.55. The lowest BCUT2D eigenvalue weighted by molar-refractivity contribution is 0.136. The maximum Gasteiger partial charge on any atom is 0.214 e. The van der Waals surface area contributed by atoms with E-state index in [1.165, 1.54) is 7.11 Å². The average Bonchev–Trinajstić information content (AvgIpc) is 2.75. The van der Waals surface area contributed by atoms with Crippen LogP contribution in [0.25, 0.3) is 10.9 Å². The number of benzene rings is 1. The van der Waals surface area contributed by atoms with Crippen molar-refractivity contribution in [1.29, 1.82) is 0 Å². The molecular formula is C14H21N3O3S. The topological polar surface area (TPSA) is 73.2 Å². The molecule has 1 aromatic heterocycles. The number of methoxy groups -OCH3 is 1. The maximum absolute atomic E-state index is 11.8. The fourth-order valence-electron chi connectivity index (χ4n) is 2.23. The van der Waals surface area contributed by atoms with Crippen molar-refractivity contribution in [2.45, 2.75) is 19.4 Å². The Kier molecular flexibility index (Phi) is 4.97. The molecule has 6 nitrogen and oxygen atoms in total. The molecule has 1 heterocycles. The van der Waals surface area contributed by atoms with Crippen molar-refractivity contribution in [2.24, 2.45) is 7.05 Å². The van der Waals surface area contributed by atoms with Gasteiger partial charge in [-0.25, -0.2) is 13.1 Å². The number of nitrogens with zero attached hydrogens (tertiary/aromatic N) is 2. The number of fused-ring (bicyclic) bond motifs is 1. The Labute approximate surface area is 125 Å². The summed E-state index contributed by atoms with van der Waals surface area (Å²) in [6.07, 6.45) is 0.236.